The number of nitrogens with one attached hydrogen (secondary N) is 1. The minimum atomic E-state index is -4.23. The Balaban J connectivity index is 2.00. The van der Waals surface area contributed by atoms with Crippen molar-refractivity contribution >= 4 is 21.9 Å². The molecule has 4 N–H and O–H groups in total. The average Bonchev–Trinajstić information content (AvgIpc) is 2.76. The zero-order chi connectivity index (χ0) is 26.7. The zero-order valence-corrected chi connectivity index (χ0v) is 21.3. The highest BCUT2D eigenvalue weighted by Crippen LogP contribution is 2.29. The number of ether oxygens (including phenoxy) is 1. The van der Waals surface area contributed by atoms with Crippen LogP contribution in [-0.2, 0) is 10.0 Å². The van der Waals surface area contributed by atoms with Gasteiger partial charge in [-0.05, 0) is 63.4 Å². The quantitative estimate of drug-likeness (QED) is 0.365. The summed E-state index contributed by atoms with van der Waals surface area (Å²) < 4.78 is 48.0. The highest BCUT2D eigenvalue weighted by atomic mass is 32.2. The lowest BCUT2D eigenvalue weighted by atomic mass is 10.00. The first-order valence-corrected chi connectivity index (χ1v) is 12.6. The summed E-state index contributed by atoms with van der Waals surface area (Å²) in [7, 11) is -4.23. The second-order valence-corrected chi connectivity index (χ2v) is 10.8. The lowest BCUT2D eigenvalue weighted by Crippen LogP contribution is -2.34. The number of nitrogens with two attached hydrogens (primary N) is 1. The van der Waals surface area contributed by atoms with E-state index in [1.54, 1.807) is 6.07 Å². The molecule has 0 aliphatic carbocycles. The highest BCUT2D eigenvalue weighted by molar-refractivity contribution is 7.92. The number of anilines is 1. The fraction of sp³-hybridized carbons (Fsp3) is 0.320. The fourth-order valence-electron chi connectivity index (χ4n) is 3.74. The average molecular weight is 517 g/mol. The maximum atomic E-state index is 14.0. The van der Waals surface area contributed by atoms with Crippen molar-refractivity contribution < 1.29 is 27.4 Å². The number of hydrogen-bond donors (Lipinski definition) is 3. The predicted octanol–water partition coefficient (Wildman–Crippen LogP) is 4.10. The SMILES string of the molecule is Cc1cccc(C)c1-c1cc(OC[C@H](N)CC(C)(C)F)nc(NS(=O)(=O)c2cccc(C(=O)O)c2)n1. The first kappa shape index (κ1) is 27.0. The molecule has 2 aromatic carbocycles. The van der Waals surface area contributed by atoms with E-state index in [1.165, 1.54) is 32.0 Å². The number of aromatic carboxylic acids is 1. The maximum absolute atomic E-state index is 14.0. The summed E-state index contributed by atoms with van der Waals surface area (Å²) in [6.07, 6.45) is 0.0568. The van der Waals surface area contributed by atoms with E-state index in [0.29, 0.717) is 5.69 Å². The van der Waals surface area contributed by atoms with E-state index in [-0.39, 0.29) is 35.3 Å². The van der Waals surface area contributed by atoms with Gasteiger partial charge in [-0.2, -0.15) is 4.98 Å². The number of halogens is 1. The summed E-state index contributed by atoms with van der Waals surface area (Å²) in [4.78, 5) is 19.6. The lowest BCUT2D eigenvalue weighted by molar-refractivity contribution is 0.0696. The molecule has 0 radical (unpaired) electrons. The second kappa shape index (κ2) is 10.6. The number of nitrogens with zero attached hydrogens (tertiary/aromatic N) is 2. The van der Waals surface area contributed by atoms with Crippen LogP contribution in [0.5, 0.6) is 5.88 Å². The van der Waals surface area contributed by atoms with Gasteiger partial charge in [0.25, 0.3) is 10.0 Å². The summed E-state index contributed by atoms with van der Waals surface area (Å²) in [5.74, 6) is -1.49. The first-order valence-electron chi connectivity index (χ1n) is 11.1. The molecule has 3 aromatic rings. The Morgan fingerprint density at radius 1 is 1.14 bits per heavy atom. The molecule has 0 bridgehead atoms. The third-order valence-electron chi connectivity index (χ3n) is 5.25. The topological polar surface area (TPSA) is 144 Å². The molecule has 1 atom stereocenters. The summed E-state index contributed by atoms with van der Waals surface area (Å²) in [5, 5.41) is 9.20. The van der Waals surface area contributed by atoms with Crippen LogP contribution in [0, 0.1) is 13.8 Å². The van der Waals surface area contributed by atoms with E-state index in [4.69, 9.17) is 10.5 Å². The molecular weight excluding hydrogens is 487 g/mol. The van der Waals surface area contributed by atoms with E-state index in [0.717, 1.165) is 22.8 Å². The fourth-order valence-corrected chi connectivity index (χ4v) is 4.73. The summed E-state index contributed by atoms with van der Waals surface area (Å²) in [5.41, 5.74) is 7.31. The van der Waals surface area contributed by atoms with E-state index in [2.05, 4.69) is 14.7 Å². The van der Waals surface area contributed by atoms with Crippen molar-refractivity contribution in [2.75, 3.05) is 11.3 Å². The molecule has 0 amide bonds. The molecule has 11 heteroatoms. The van der Waals surface area contributed by atoms with Gasteiger partial charge in [-0.3, -0.25) is 0 Å². The van der Waals surface area contributed by atoms with Crippen molar-refractivity contribution in [3.8, 4) is 17.1 Å². The lowest BCUT2D eigenvalue weighted by Gasteiger charge is -2.20. The second-order valence-electron chi connectivity index (χ2n) is 9.11. The van der Waals surface area contributed by atoms with Crippen molar-refractivity contribution in [2.24, 2.45) is 5.73 Å². The molecular formula is C25H29FN4O5S. The van der Waals surface area contributed by atoms with Crippen LogP contribution in [0.4, 0.5) is 10.3 Å². The minimum Gasteiger partial charge on any atom is -0.478 e. The number of aryl methyl sites for hydroxylation is 2. The Kier molecular flexibility index (Phi) is 7.95. The van der Waals surface area contributed by atoms with Gasteiger partial charge in [0.2, 0.25) is 11.8 Å². The van der Waals surface area contributed by atoms with Gasteiger partial charge in [-0.25, -0.2) is 27.3 Å². The van der Waals surface area contributed by atoms with Crippen LogP contribution in [0.1, 0.15) is 41.8 Å². The van der Waals surface area contributed by atoms with Crippen molar-refractivity contribution in [1.82, 2.24) is 9.97 Å². The van der Waals surface area contributed by atoms with Crippen molar-refractivity contribution in [1.29, 1.82) is 0 Å². The Hall–Kier alpha value is -3.57. The van der Waals surface area contributed by atoms with Crippen molar-refractivity contribution in [3.05, 3.63) is 65.2 Å². The van der Waals surface area contributed by atoms with E-state index in [9.17, 15) is 22.7 Å². The van der Waals surface area contributed by atoms with Gasteiger partial charge in [0.1, 0.15) is 12.3 Å². The van der Waals surface area contributed by atoms with E-state index in [1.807, 2.05) is 32.0 Å². The Morgan fingerprint density at radius 2 is 1.78 bits per heavy atom. The molecule has 1 heterocycles. The predicted molar refractivity (Wildman–Crippen MR) is 134 cm³/mol. The number of carboxylic acid groups (broad SMARTS) is 1. The van der Waals surface area contributed by atoms with Gasteiger partial charge in [0.15, 0.2) is 0 Å². The molecule has 9 nitrogen and oxygen atoms in total. The molecule has 3 rings (SSSR count). The smallest absolute Gasteiger partial charge is 0.335 e. The summed E-state index contributed by atoms with van der Waals surface area (Å²) >= 11 is 0. The van der Waals surface area contributed by atoms with Crippen LogP contribution in [0.25, 0.3) is 11.3 Å². The maximum Gasteiger partial charge on any atom is 0.335 e. The summed E-state index contributed by atoms with van der Waals surface area (Å²) in [6.45, 7) is 6.58. The van der Waals surface area contributed by atoms with Crippen molar-refractivity contribution in [3.63, 3.8) is 0 Å². The van der Waals surface area contributed by atoms with Crippen LogP contribution in [0.15, 0.2) is 53.4 Å². The highest BCUT2D eigenvalue weighted by Gasteiger charge is 2.22. The van der Waals surface area contributed by atoms with E-state index < -0.39 is 27.7 Å². The van der Waals surface area contributed by atoms with Crippen LogP contribution >= 0.6 is 0 Å². The standard InChI is InChI=1S/C25H29FN4O5S/c1-15-7-5-8-16(2)22(15)20-12-21(35-14-18(27)13-25(3,4)26)29-24(28-20)30-36(33,34)19-10-6-9-17(11-19)23(31)32/h5-12,18H,13-14,27H2,1-4H3,(H,31,32)(H,28,29,30)/t18-/m1/s1. The van der Waals surface area contributed by atoms with Gasteiger partial charge < -0.3 is 15.6 Å². The number of hydrogen-bond acceptors (Lipinski definition) is 7. The Morgan fingerprint density at radius 3 is 2.39 bits per heavy atom. The van der Waals surface area contributed by atoms with Gasteiger partial charge in [-0.15, -0.1) is 0 Å². The van der Waals surface area contributed by atoms with Gasteiger partial charge >= 0.3 is 5.97 Å². The molecule has 0 saturated heterocycles. The number of aromatic nitrogens is 2. The van der Waals surface area contributed by atoms with Crippen molar-refractivity contribution in [2.45, 2.75) is 50.7 Å². The number of sulfonamides is 1. The first-order chi connectivity index (χ1) is 16.7. The number of alkyl halides is 1. The Bertz CT molecular complexity index is 1350. The molecule has 0 saturated carbocycles. The molecule has 1 aromatic heterocycles. The third-order valence-corrected chi connectivity index (χ3v) is 6.58. The number of benzene rings is 2. The zero-order valence-electron chi connectivity index (χ0n) is 20.4. The van der Waals surface area contributed by atoms with Crippen LogP contribution in [0.3, 0.4) is 0 Å². The molecule has 0 fully saturated rings. The monoisotopic (exact) mass is 516 g/mol. The Labute approximate surface area is 209 Å². The number of rotatable bonds is 10. The molecule has 0 spiro atoms. The van der Waals surface area contributed by atoms with Crippen LogP contribution in [0.2, 0.25) is 0 Å². The molecule has 192 valence electrons. The summed E-state index contributed by atoms with van der Waals surface area (Å²) in [6, 6.07) is 11.5. The number of carbonyl (C=O) groups is 1. The largest absolute Gasteiger partial charge is 0.478 e. The van der Waals surface area contributed by atoms with E-state index >= 15 is 0 Å². The molecule has 0 aliphatic rings. The van der Waals surface area contributed by atoms with Gasteiger partial charge in [0, 0.05) is 17.7 Å². The van der Waals surface area contributed by atoms with Gasteiger partial charge in [-0.1, -0.05) is 24.3 Å². The minimum absolute atomic E-state index is 0.0479. The molecule has 0 unspecified atom stereocenters. The number of carboxylic acids is 1. The van der Waals surface area contributed by atoms with Crippen LogP contribution < -0.4 is 15.2 Å². The normalized spacial score (nSPS) is 12.7. The van der Waals surface area contributed by atoms with Crippen LogP contribution in [-0.4, -0.2) is 47.8 Å². The third kappa shape index (κ3) is 6.98. The molecule has 36 heavy (non-hydrogen) atoms. The van der Waals surface area contributed by atoms with Gasteiger partial charge in [0.05, 0.1) is 16.2 Å². The molecule has 0 aliphatic heterocycles.